The minimum Gasteiger partial charge on any atom is -0.240 e. The van der Waals surface area contributed by atoms with E-state index >= 15 is 0 Å². The van der Waals surface area contributed by atoms with Crippen molar-refractivity contribution in [2.75, 3.05) is 7.05 Å². The summed E-state index contributed by atoms with van der Waals surface area (Å²) in [4.78, 5) is 0. The van der Waals surface area contributed by atoms with Crippen molar-refractivity contribution in [3.63, 3.8) is 0 Å². The average Bonchev–Trinajstić information content (AvgIpc) is 2.01. The number of hydrogen-bond acceptors (Lipinski definition) is 0. The SMILES string of the molecule is C=[N+](C)C(C)(CC)C(C)CC. The molecule has 0 N–H and O–H groups in total. The zero-order chi connectivity index (χ0) is 9.07. The molecule has 2 atom stereocenters. The molecule has 2 unspecified atom stereocenters. The first-order valence-electron chi connectivity index (χ1n) is 4.53. The molecule has 0 aliphatic rings. The first-order valence-corrected chi connectivity index (χ1v) is 4.53. The lowest BCUT2D eigenvalue weighted by molar-refractivity contribution is -0.583. The smallest absolute Gasteiger partial charge is 0.161 e. The van der Waals surface area contributed by atoms with Gasteiger partial charge in [0.1, 0.15) is 13.8 Å². The maximum atomic E-state index is 3.98. The summed E-state index contributed by atoms with van der Waals surface area (Å²) in [6.07, 6.45) is 2.40. The van der Waals surface area contributed by atoms with Crippen LogP contribution in [0.4, 0.5) is 0 Å². The van der Waals surface area contributed by atoms with E-state index in [9.17, 15) is 0 Å². The van der Waals surface area contributed by atoms with Gasteiger partial charge in [-0.3, -0.25) is 0 Å². The molecular weight excluding hydrogens is 134 g/mol. The Morgan fingerprint density at radius 1 is 1.45 bits per heavy atom. The molecule has 0 aliphatic carbocycles. The summed E-state index contributed by atoms with van der Waals surface area (Å²) in [6, 6.07) is 0. The molecule has 0 spiro atoms. The van der Waals surface area contributed by atoms with Gasteiger partial charge in [0.25, 0.3) is 0 Å². The van der Waals surface area contributed by atoms with E-state index in [0.29, 0.717) is 0 Å². The van der Waals surface area contributed by atoms with Crippen LogP contribution in [0.3, 0.4) is 0 Å². The Bertz CT molecular complexity index is 140. The van der Waals surface area contributed by atoms with Gasteiger partial charge >= 0.3 is 0 Å². The van der Waals surface area contributed by atoms with Crippen molar-refractivity contribution in [2.45, 2.75) is 46.1 Å². The monoisotopic (exact) mass is 156 g/mol. The van der Waals surface area contributed by atoms with Crippen LogP contribution >= 0.6 is 0 Å². The van der Waals surface area contributed by atoms with Crippen molar-refractivity contribution in [1.82, 2.24) is 0 Å². The summed E-state index contributed by atoms with van der Waals surface area (Å²) in [5.74, 6) is 0.718. The first-order chi connectivity index (χ1) is 4.99. The van der Waals surface area contributed by atoms with E-state index in [2.05, 4.69) is 46.0 Å². The molecule has 0 heterocycles. The van der Waals surface area contributed by atoms with Crippen LogP contribution in [0.5, 0.6) is 0 Å². The van der Waals surface area contributed by atoms with Crippen LogP contribution in [0.1, 0.15) is 40.5 Å². The van der Waals surface area contributed by atoms with Crippen LogP contribution in [0, 0.1) is 5.92 Å². The van der Waals surface area contributed by atoms with E-state index in [0.717, 1.165) is 5.92 Å². The highest BCUT2D eigenvalue weighted by atomic mass is 15.0. The molecule has 0 saturated heterocycles. The molecule has 66 valence electrons. The van der Waals surface area contributed by atoms with Gasteiger partial charge in [-0.25, -0.2) is 4.58 Å². The van der Waals surface area contributed by atoms with Gasteiger partial charge in [0, 0.05) is 19.3 Å². The lowest BCUT2D eigenvalue weighted by Crippen LogP contribution is -2.41. The van der Waals surface area contributed by atoms with E-state index in [1.165, 1.54) is 12.8 Å². The number of rotatable bonds is 4. The predicted molar refractivity (Wildman–Crippen MR) is 51.5 cm³/mol. The van der Waals surface area contributed by atoms with Crippen molar-refractivity contribution < 1.29 is 4.58 Å². The van der Waals surface area contributed by atoms with Gasteiger partial charge in [-0.05, 0) is 6.42 Å². The van der Waals surface area contributed by atoms with E-state index in [1.54, 1.807) is 0 Å². The lowest BCUT2D eigenvalue weighted by atomic mass is 9.82. The van der Waals surface area contributed by atoms with Crippen molar-refractivity contribution in [1.29, 1.82) is 0 Å². The predicted octanol–water partition coefficient (Wildman–Crippen LogP) is 2.54. The largest absolute Gasteiger partial charge is 0.240 e. The molecule has 0 rings (SSSR count). The zero-order valence-corrected chi connectivity index (χ0v) is 8.65. The summed E-state index contributed by atoms with van der Waals surface area (Å²) in [7, 11) is 2.07. The highest BCUT2D eigenvalue weighted by Crippen LogP contribution is 2.25. The third-order valence-electron chi connectivity index (χ3n) is 3.26. The summed E-state index contributed by atoms with van der Waals surface area (Å²) in [5, 5.41) is 0. The van der Waals surface area contributed by atoms with Crippen molar-refractivity contribution in [3.8, 4) is 0 Å². The minimum atomic E-state index is 0.273. The second-order valence-corrected chi connectivity index (χ2v) is 3.72. The normalized spacial score (nSPS) is 19.0. The second kappa shape index (κ2) is 3.89. The molecule has 0 bridgehead atoms. The molecule has 1 nitrogen and oxygen atoms in total. The fourth-order valence-electron chi connectivity index (χ4n) is 1.43. The molecule has 0 radical (unpaired) electrons. The molecule has 0 aromatic rings. The van der Waals surface area contributed by atoms with Crippen molar-refractivity contribution >= 4 is 6.72 Å². The van der Waals surface area contributed by atoms with Gasteiger partial charge in [0.05, 0.1) is 0 Å². The van der Waals surface area contributed by atoms with Crippen LogP contribution in [0.25, 0.3) is 0 Å². The van der Waals surface area contributed by atoms with Crippen molar-refractivity contribution in [3.05, 3.63) is 0 Å². The molecule has 0 aromatic heterocycles. The molecule has 0 aliphatic heterocycles. The standard InChI is InChI=1S/C10H22N/c1-7-9(3)10(4,8-2)11(5)6/h9H,5,7-8H2,1-4,6H3/q+1. The Balaban J connectivity index is 4.45. The third-order valence-corrected chi connectivity index (χ3v) is 3.26. The summed E-state index contributed by atoms with van der Waals surface area (Å²) < 4.78 is 2.10. The van der Waals surface area contributed by atoms with Crippen LogP contribution < -0.4 is 0 Å². The molecule has 0 saturated carbocycles. The maximum absolute atomic E-state index is 3.98. The molecule has 11 heavy (non-hydrogen) atoms. The van der Waals surface area contributed by atoms with E-state index in [1.807, 2.05) is 0 Å². The Morgan fingerprint density at radius 3 is 2.00 bits per heavy atom. The van der Waals surface area contributed by atoms with Crippen LogP contribution in [-0.2, 0) is 0 Å². The van der Waals surface area contributed by atoms with E-state index in [-0.39, 0.29) is 5.54 Å². The van der Waals surface area contributed by atoms with Crippen LogP contribution in [0.2, 0.25) is 0 Å². The third kappa shape index (κ3) is 2.05. The Hall–Kier alpha value is -0.330. The molecule has 1 heteroatoms. The first kappa shape index (κ1) is 10.7. The quantitative estimate of drug-likeness (QED) is 0.435. The molecule has 0 amide bonds. The summed E-state index contributed by atoms with van der Waals surface area (Å²) >= 11 is 0. The second-order valence-electron chi connectivity index (χ2n) is 3.72. The lowest BCUT2D eigenvalue weighted by Gasteiger charge is -2.29. The topological polar surface area (TPSA) is 3.01 Å². The van der Waals surface area contributed by atoms with Gasteiger partial charge in [-0.15, -0.1) is 0 Å². The number of hydrogen-bond donors (Lipinski definition) is 0. The highest BCUT2D eigenvalue weighted by molar-refractivity contribution is 5.15. The van der Waals surface area contributed by atoms with Gasteiger partial charge in [-0.2, -0.15) is 0 Å². The zero-order valence-electron chi connectivity index (χ0n) is 8.65. The molecular formula is C10H22N+. The Labute approximate surface area is 71.1 Å². The van der Waals surface area contributed by atoms with Gasteiger partial charge in [0.15, 0.2) is 5.54 Å². The summed E-state index contributed by atoms with van der Waals surface area (Å²) in [5.41, 5.74) is 0.273. The van der Waals surface area contributed by atoms with Crippen LogP contribution in [0.15, 0.2) is 0 Å². The molecule has 0 fully saturated rings. The average molecular weight is 156 g/mol. The van der Waals surface area contributed by atoms with Crippen molar-refractivity contribution in [2.24, 2.45) is 5.92 Å². The highest BCUT2D eigenvalue weighted by Gasteiger charge is 2.35. The van der Waals surface area contributed by atoms with E-state index < -0.39 is 0 Å². The molecule has 0 aromatic carbocycles. The Kier molecular flexibility index (Phi) is 3.77. The fourth-order valence-corrected chi connectivity index (χ4v) is 1.43. The number of nitrogens with zero attached hydrogens (tertiary/aromatic N) is 1. The fraction of sp³-hybridized carbons (Fsp3) is 0.900. The van der Waals surface area contributed by atoms with Gasteiger partial charge < -0.3 is 0 Å². The van der Waals surface area contributed by atoms with Gasteiger partial charge in [-0.1, -0.05) is 20.8 Å². The summed E-state index contributed by atoms with van der Waals surface area (Å²) in [6.45, 7) is 13.0. The van der Waals surface area contributed by atoms with Crippen LogP contribution in [-0.4, -0.2) is 23.9 Å². The Morgan fingerprint density at radius 2 is 1.91 bits per heavy atom. The van der Waals surface area contributed by atoms with E-state index in [4.69, 9.17) is 0 Å². The minimum absolute atomic E-state index is 0.273. The maximum Gasteiger partial charge on any atom is 0.161 e. The van der Waals surface area contributed by atoms with Gasteiger partial charge in [0.2, 0.25) is 0 Å².